The predicted octanol–water partition coefficient (Wildman–Crippen LogP) is 0.891. The Morgan fingerprint density at radius 3 is 1.86 bits per heavy atom. The molecule has 0 spiro atoms. The van der Waals surface area contributed by atoms with E-state index in [0.29, 0.717) is 12.8 Å². The van der Waals surface area contributed by atoms with E-state index in [1.165, 1.54) is 29.4 Å². The summed E-state index contributed by atoms with van der Waals surface area (Å²) in [5.41, 5.74) is -0.120. The van der Waals surface area contributed by atoms with Crippen LogP contribution in [0, 0.1) is 0 Å². The topological polar surface area (TPSA) is 110 Å². The lowest BCUT2D eigenvalue weighted by Crippen LogP contribution is -2.46. The number of nitrogens with zero attached hydrogens (tertiary/aromatic N) is 2. The lowest BCUT2D eigenvalue weighted by atomic mass is 10.1. The second-order valence-electron chi connectivity index (χ2n) is 6.49. The summed E-state index contributed by atoms with van der Waals surface area (Å²) in [6, 6.07) is 3.56. The van der Waals surface area contributed by atoms with Gasteiger partial charge in [-0.3, -0.25) is 4.79 Å². The van der Waals surface area contributed by atoms with Crippen molar-refractivity contribution in [1.29, 1.82) is 0 Å². The van der Waals surface area contributed by atoms with Gasteiger partial charge in [0.1, 0.15) is 0 Å². The lowest BCUT2D eigenvalue weighted by Gasteiger charge is -2.35. The molecule has 1 aliphatic rings. The van der Waals surface area contributed by atoms with E-state index in [4.69, 9.17) is 0 Å². The van der Waals surface area contributed by atoms with Crippen molar-refractivity contribution in [3.05, 3.63) is 29.3 Å². The van der Waals surface area contributed by atoms with E-state index >= 15 is 0 Å². The Bertz CT molecular complexity index is 840. The Labute approximate surface area is 164 Å². The largest absolute Gasteiger partial charge is 0.465 e. The number of benzene rings is 1. The fourth-order valence-corrected chi connectivity index (χ4v) is 4.64. The monoisotopic (exact) mass is 412 g/mol. The lowest BCUT2D eigenvalue weighted by molar-refractivity contribution is -0.130. The molecule has 1 heterocycles. The summed E-state index contributed by atoms with van der Waals surface area (Å²) in [4.78, 5) is 36.7. The van der Waals surface area contributed by atoms with Crippen molar-refractivity contribution in [2.24, 2.45) is 0 Å². The van der Waals surface area contributed by atoms with Crippen molar-refractivity contribution in [3.63, 3.8) is 0 Å². The van der Waals surface area contributed by atoms with E-state index in [2.05, 4.69) is 9.47 Å². The van der Waals surface area contributed by atoms with Crippen molar-refractivity contribution in [2.45, 2.75) is 30.7 Å². The normalized spacial score (nSPS) is 15.7. The van der Waals surface area contributed by atoms with Gasteiger partial charge in [-0.2, -0.15) is 4.31 Å². The van der Waals surface area contributed by atoms with Crippen LogP contribution in [0.2, 0.25) is 0 Å². The molecule has 2 rings (SSSR count). The molecule has 10 heteroatoms. The molecule has 9 nitrogen and oxygen atoms in total. The Morgan fingerprint density at radius 2 is 1.46 bits per heavy atom. The summed E-state index contributed by atoms with van der Waals surface area (Å²) in [5.74, 6) is -1.59. The molecule has 1 aromatic carbocycles. The van der Waals surface area contributed by atoms with Gasteiger partial charge in [-0.25, -0.2) is 18.0 Å². The molecule has 0 bridgehead atoms. The van der Waals surface area contributed by atoms with E-state index in [1.54, 1.807) is 11.9 Å². The minimum absolute atomic E-state index is 0.0315. The predicted molar refractivity (Wildman–Crippen MR) is 99.3 cm³/mol. The number of amides is 1. The van der Waals surface area contributed by atoms with Gasteiger partial charge >= 0.3 is 11.9 Å². The van der Waals surface area contributed by atoms with Gasteiger partial charge in [-0.15, -0.1) is 0 Å². The standard InChI is InChI=1S/C18H24N2O7S/c1-12(21)19(2)15-5-7-20(8-6-15)28(24,25)16-10-13(17(22)26-3)9-14(11-16)18(23)27-4/h9-11,15H,5-8H2,1-4H3. The van der Waals surface area contributed by atoms with Gasteiger partial charge in [0.2, 0.25) is 15.9 Å². The van der Waals surface area contributed by atoms with E-state index in [1.807, 2.05) is 0 Å². The van der Waals surface area contributed by atoms with Crippen LogP contribution in [-0.2, 0) is 24.3 Å². The van der Waals surface area contributed by atoms with E-state index in [0.717, 1.165) is 14.2 Å². The average Bonchev–Trinajstić information content (AvgIpc) is 2.71. The van der Waals surface area contributed by atoms with Gasteiger partial charge in [0.25, 0.3) is 0 Å². The van der Waals surface area contributed by atoms with Crippen molar-refractivity contribution in [3.8, 4) is 0 Å². The summed E-state index contributed by atoms with van der Waals surface area (Å²) in [7, 11) is 0.0771. The maximum absolute atomic E-state index is 13.1. The van der Waals surface area contributed by atoms with Crippen LogP contribution >= 0.6 is 0 Å². The summed E-state index contributed by atoms with van der Waals surface area (Å²) in [6.07, 6.45) is 0.992. The molecule has 0 N–H and O–H groups in total. The van der Waals surface area contributed by atoms with Crippen molar-refractivity contribution >= 4 is 27.9 Å². The first kappa shape index (κ1) is 21.8. The van der Waals surface area contributed by atoms with Crippen LogP contribution in [0.3, 0.4) is 0 Å². The molecule has 1 saturated heterocycles. The average molecular weight is 412 g/mol. The number of carbonyl (C=O) groups is 3. The second kappa shape index (κ2) is 8.70. The number of ether oxygens (including phenoxy) is 2. The third kappa shape index (κ3) is 4.50. The van der Waals surface area contributed by atoms with Crippen LogP contribution in [0.25, 0.3) is 0 Å². The first-order valence-corrected chi connectivity index (χ1v) is 10.1. The molecule has 0 atom stereocenters. The van der Waals surface area contributed by atoms with E-state index in [-0.39, 0.29) is 41.1 Å². The molecule has 0 saturated carbocycles. The number of esters is 2. The SMILES string of the molecule is COC(=O)c1cc(C(=O)OC)cc(S(=O)(=O)N2CCC(N(C)C(C)=O)CC2)c1. The minimum atomic E-state index is -3.95. The maximum atomic E-state index is 13.1. The summed E-state index contributed by atoms with van der Waals surface area (Å²) >= 11 is 0. The molecule has 1 amide bonds. The molecular formula is C18H24N2O7S. The van der Waals surface area contributed by atoms with E-state index in [9.17, 15) is 22.8 Å². The number of sulfonamides is 1. The highest BCUT2D eigenvalue weighted by Crippen LogP contribution is 2.25. The van der Waals surface area contributed by atoms with Crippen molar-refractivity contribution in [1.82, 2.24) is 9.21 Å². The molecule has 0 aliphatic carbocycles. The van der Waals surface area contributed by atoms with Crippen LogP contribution in [0.4, 0.5) is 0 Å². The summed E-state index contributed by atoms with van der Waals surface area (Å²) in [5, 5.41) is 0. The van der Waals surface area contributed by atoms with Gasteiger partial charge in [-0.05, 0) is 31.0 Å². The maximum Gasteiger partial charge on any atom is 0.337 e. The number of hydrogen-bond donors (Lipinski definition) is 0. The number of rotatable bonds is 5. The molecule has 1 aliphatic heterocycles. The third-order valence-electron chi connectivity index (χ3n) is 4.85. The summed E-state index contributed by atoms with van der Waals surface area (Å²) < 4.78 is 36.7. The first-order chi connectivity index (χ1) is 13.1. The van der Waals surface area contributed by atoms with Gasteiger partial charge in [0.15, 0.2) is 0 Å². The molecule has 0 unspecified atom stereocenters. The molecule has 1 fully saturated rings. The Balaban J connectivity index is 2.34. The highest BCUT2D eigenvalue weighted by atomic mass is 32.2. The smallest absolute Gasteiger partial charge is 0.337 e. The van der Waals surface area contributed by atoms with Gasteiger partial charge in [-0.1, -0.05) is 0 Å². The zero-order valence-corrected chi connectivity index (χ0v) is 17.1. The molecular weight excluding hydrogens is 388 g/mol. The number of piperidine rings is 1. The Hall–Kier alpha value is -2.46. The van der Waals surface area contributed by atoms with Crippen LogP contribution < -0.4 is 0 Å². The Kier molecular flexibility index (Phi) is 6.78. The quantitative estimate of drug-likeness (QED) is 0.661. The third-order valence-corrected chi connectivity index (χ3v) is 6.73. The first-order valence-electron chi connectivity index (χ1n) is 8.67. The van der Waals surface area contributed by atoms with Crippen LogP contribution in [0.5, 0.6) is 0 Å². The Morgan fingerprint density at radius 1 is 1.00 bits per heavy atom. The van der Waals surface area contributed by atoms with E-state index < -0.39 is 22.0 Å². The van der Waals surface area contributed by atoms with Crippen molar-refractivity contribution in [2.75, 3.05) is 34.4 Å². The van der Waals surface area contributed by atoms with Crippen molar-refractivity contribution < 1.29 is 32.3 Å². The number of carbonyl (C=O) groups excluding carboxylic acids is 3. The molecule has 1 aromatic rings. The molecule has 154 valence electrons. The van der Waals surface area contributed by atoms with Gasteiger partial charge in [0.05, 0.1) is 30.2 Å². The molecule has 28 heavy (non-hydrogen) atoms. The zero-order chi connectivity index (χ0) is 21.1. The van der Waals surface area contributed by atoms with Gasteiger partial charge < -0.3 is 14.4 Å². The number of methoxy groups -OCH3 is 2. The van der Waals surface area contributed by atoms with Crippen LogP contribution in [0.1, 0.15) is 40.5 Å². The fourth-order valence-electron chi connectivity index (χ4n) is 3.10. The summed E-state index contributed by atoms with van der Waals surface area (Å²) in [6.45, 7) is 1.91. The highest BCUT2D eigenvalue weighted by molar-refractivity contribution is 7.89. The van der Waals surface area contributed by atoms with Gasteiger partial charge in [0, 0.05) is 33.1 Å². The molecule has 0 aromatic heterocycles. The zero-order valence-electron chi connectivity index (χ0n) is 16.3. The second-order valence-corrected chi connectivity index (χ2v) is 8.43. The molecule has 0 radical (unpaired) electrons. The fraction of sp³-hybridized carbons (Fsp3) is 0.500. The van der Waals surface area contributed by atoms with Crippen LogP contribution in [-0.4, -0.2) is 75.9 Å². The highest BCUT2D eigenvalue weighted by Gasteiger charge is 2.32. The number of hydrogen-bond acceptors (Lipinski definition) is 7. The minimum Gasteiger partial charge on any atom is -0.465 e. The van der Waals surface area contributed by atoms with Crippen LogP contribution in [0.15, 0.2) is 23.1 Å².